The average molecular weight is 376 g/mol. The highest BCUT2D eigenvalue weighted by Gasteiger charge is 2.24. The first-order chi connectivity index (χ1) is 12.3. The maximum atomic E-state index is 12.6. The summed E-state index contributed by atoms with van der Waals surface area (Å²) in [4.78, 5) is 12.6. The van der Waals surface area contributed by atoms with Crippen LogP contribution in [0.3, 0.4) is 0 Å². The van der Waals surface area contributed by atoms with E-state index in [1.807, 2.05) is 26.0 Å². The van der Waals surface area contributed by atoms with Gasteiger partial charge in [-0.1, -0.05) is 18.9 Å². The Hall–Kier alpha value is -2.12. The van der Waals surface area contributed by atoms with Crippen molar-refractivity contribution in [2.75, 3.05) is 0 Å². The lowest BCUT2D eigenvalue weighted by atomic mass is 10.2. The third-order valence-electron chi connectivity index (χ3n) is 4.62. The number of carbonyl (C=O) groups is 1. The number of nitrogens with one attached hydrogen (secondary N) is 2. The molecule has 0 saturated heterocycles. The monoisotopic (exact) mass is 376 g/mol. The van der Waals surface area contributed by atoms with Crippen molar-refractivity contribution in [1.29, 1.82) is 0 Å². The zero-order chi connectivity index (χ0) is 18.7. The second-order valence-corrected chi connectivity index (χ2v) is 8.49. The van der Waals surface area contributed by atoms with Crippen LogP contribution in [0.5, 0.6) is 0 Å². The van der Waals surface area contributed by atoms with E-state index < -0.39 is 10.0 Å². The molecule has 1 atom stereocenters. The lowest BCUT2D eigenvalue weighted by molar-refractivity contribution is 0.0935. The Kier molecular flexibility index (Phi) is 5.48. The Bertz CT molecular complexity index is 882. The van der Waals surface area contributed by atoms with E-state index in [0.29, 0.717) is 11.3 Å². The molecule has 1 unspecified atom stereocenters. The van der Waals surface area contributed by atoms with Crippen LogP contribution in [0.4, 0.5) is 0 Å². The summed E-state index contributed by atoms with van der Waals surface area (Å²) in [6, 6.07) is 9.42. The smallest absolute Gasteiger partial charge is 0.251 e. The normalized spacial score (nSPS) is 16.5. The Morgan fingerprint density at radius 3 is 2.58 bits per heavy atom. The van der Waals surface area contributed by atoms with Crippen LogP contribution in [0, 0.1) is 6.92 Å². The first-order valence-corrected chi connectivity index (χ1v) is 10.3. The van der Waals surface area contributed by atoms with E-state index in [4.69, 9.17) is 4.42 Å². The summed E-state index contributed by atoms with van der Waals surface area (Å²) in [7, 11) is -3.63. The SMILES string of the molecule is Cc1ccc(C(C)NC(=O)c2cccc(S(=O)(=O)NC3CCCC3)c2)o1. The van der Waals surface area contributed by atoms with Crippen molar-refractivity contribution in [2.45, 2.75) is 56.5 Å². The first kappa shape index (κ1) is 18.7. The third kappa shape index (κ3) is 4.34. The Morgan fingerprint density at radius 2 is 1.92 bits per heavy atom. The van der Waals surface area contributed by atoms with Crippen molar-refractivity contribution in [1.82, 2.24) is 10.0 Å². The summed E-state index contributed by atoms with van der Waals surface area (Å²) in [5, 5.41) is 2.83. The quantitative estimate of drug-likeness (QED) is 0.810. The zero-order valence-electron chi connectivity index (χ0n) is 15.0. The summed E-state index contributed by atoms with van der Waals surface area (Å²) < 4.78 is 33.3. The van der Waals surface area contributed by atoms with Gasteiger partial charge in [0.15, 0.2) is 0 Å². The van der Waals surface area contributed by atoms with E-state index in [1.54, 1.807) is 12.1 Å². The van der Waals surface area contributed by atoms with Gasteiger partial charge in [0.2, 0.25) is 10.0 Å². The number of hydrogen-bond donors (Lipinski definition) is 2. The number of benzene rings is 1. The Morgan fingerprint density at radius 1 is 1.19 bits per heavy atom. The largest absolute Gasteiger partial charge is 0.464 e. The molecule has 0 spiro atoms. The third-order valence-corrected chi connectivity index (χ3v) is 6.14. The number of aryl methyl sites for hydroxylation is 1. The van der Waals surface area contributed by atoms with Crippen LogP contribution in [-0.4, -0.2) is 20.4 Å². The van der Waals surface area contributed by atoms with Crippen LogP contribution >= 0.6 is 0 Å². The van der Waals surface area contributed by atoms with E-state index >= 15 is 0 Å². The highest BCUT2D eigenvalue weighted by molar-refractivity contribution is 7.89. The van der Waals surface area contributed by atoms with Crippen LogP contribution in [0.25, 0.3) is 0 Å². The number of hydrogen-bond acceptors (Lipinski definition) is 4. The van der Waals surface area contributed by atoms with E-state index in [0.717, 1.165) is 31.4 Å². The molecule has 1 amide bonds. The fourth-order valence-electron chi connectivity index (χ4n) is 3.17. The van der Waals surface area contributed by atoms with Crippen molar-refractivity contribution in [3.63, 3.8) is 0 Å². The molecule has 0 radical (unpaired) electrons. The number of rotatable bonds is 6. The molecule has 1 saturated carbocycles. The topological polar surface area (TPSA) is 88.4 Å². The summed E-state index contributed by atoms with van der Waals surface area (Å²) in [5.41, 5.74) is 0.300. The summed E-state index contributed by atoms with van der Waals surface area (Å²) >= 11 is 0. The van der Waals surface area contributed by atoms with E-state index in [9.17, 15) is 13.2 Å². The van der Waals surface area contributed by atoms with Gasteiger partial charge in [0.05, 0.1) is 10.9 Å². The predicted molar refractivity (Wildman–Crippen MR) is 98.3 cm³/mol. The molecule has 1 aromatic carbocycles. The minimum atomic E-state index is -3.63. The molecule has 3 rings (SSSR count). The molecule has 7 heteroatoms. The van der Waals surface area contributed by atoms with Gasteiger partial charge in [0, 0.05) is 11.6 Å². The molecule has 1 aliphatic carbocycles. The number of sulfonamides is 1. The van der Waals surface area contributed by atoms with Crippen LogP contribution in [-0.2, 0) is 10.0 Å². The fourth-order valence-corrected chi connectivity index (χ4v) is 4.52. The number of carbonyl (C=O) groups excluding carboxylic acids is 1. The minimum Gasteiger partial charge on any atom is -0.464 e. The van der Waals surface area contributed by atoms with Gasteiger partial charge in [-0.3, -0.25) is 4.79 Å². The van der Waals surface area contributed by atoms with Gasteiger partial charge in [0.1, 0.15) is 11.5 Å². The molecule has 1 aliphatic rings. The highest BCUT2D eigenvalue weighted by Crippen LogP contribution is 2.21. The van der Waals surface area contributed by atoms with Crippen molar-refractivity contribution in [3.8, 4) is 0 Å². The first-order valence-electron chi connectivity index (χ1n) is 8.85. The lowest BCUT2D eigenvalue weighted by Gasteiger charge is -2.14. The van der Waals surface area contributed by atoms with Gasteiger partial charge in [-0.2, -0.15) is 0 Å². The second kappa shape index (κ2) is 7.63. The van der Waals surface area contributed by atoms with Crippen LogP contribution in [0.15, 0.2) is 45.7 Å². The average Bonchev–Trinajstić information content (AvgIpc) is 3.26. The van der Waals surface area contributed by atoms with Gasteiger partial charge in [-0.25, -0.2) is 13.1 Å². The molecule has 0 bridgehead atoms. The Balaban J connectivity index is 1.72. The maximum absolute atomic E-state index is 12.6. The minimum absolute atomic E-state index is 0.0142. The van der Waals surface area contributed by atoms with Crippen LogP contribution in [0.1, 0.15) is 60.5 Å². The van der Waals surface area contributed by atoms with Crippen LogP contribution < -0.4 is 10.0 Å². The van der Waals surface area contributed by atoms with Gasteiger partial charge in [-0.15, -0.1) is 0 Å². The van der Waals surface area contributed by atoms with Crippen molar-refractivity contribution >= 4 is 15.9 Å². The van der Waals surface area contributed by atoms with Crippen molar-refractivity contribution in [2.24, 2.45) is 0 Å². The zero-order valence-corrected chi connectivity index (χ0v) is 15.8. The van der Waals surface area contributed by atoms with Crippen molar-refractivity contribution < 1.29 is 17.6 Å². The van der Waals surface area contributed by atoms with E-state index in [-0.39, 0.29) is 22.9 Å². The standard InChI is InChI=1S/C19H24N2O4S/c1-13-10-11-18(25-13)14(2)20-19(22)15-6-5-9-17(12-15)26(23,24)21-16-7-3-4-8-16/h5-6,9-12,14,16,21H,3-4,7-8H2,1-2H3,(H,20,22). The molecule has 6 nitrogen and oxygen atoms in total. The predicted octanol–water partition coefficient (Wildman–Crippen LogP) is 3.30. The highest BCUT2D eigenvalue weighted by atomic mass is 32.2. The molecule has 0 aliphatic heterocycles. The summed E-state index contributed by atoms with van der Waals surface area (Å²) in [6.07, 6.45) is 3.80. The van der Waals surface area contributed by atoms with Gasteiger partial charge in [-0.05, 0) is 57.0 Å². The number of furan rings is 1. The van der Waals surface area contributed by atoms with Gasteiger partial charge < -0.3 is 9.73 Å². The molecule has 1 heterocycles. The molecule has 2 N–H and O–H groups in total. The summed E-state index contributed by atoms with van der Waals surface area (Å²) in [5.74, 6) is 1.08. The van der Waals surface area contributed by atoms with Gasteiger partial charge in [0.25, 0.3) is 5.91 Å². The van der Waals surface area contributed by atoms with Crippen LogP contribution in [0.2, 0.25) is 0 Å². The maximum Gasteiger partial charge on any atom is 0.251 e. The molecule has 1 fully saturated rings. The second-order valence-electron chi connectivity index (χ2n) is 6.77. The summed E-state index contributed by atoms with van der Waals surface area (Å²) in [6.45, 7) is 3.65. The lowest BCUT2D eigenvalue weighted by Crippen LogP contribution is -2.33. The van der Waals surface area contributed by atoms with Gasteiger partial charge >= 0.3 is 0 Å². The number of amides is 1. The molecule has 2 aromatic rings. The molecule has 140 valence electrons. The molecular weight excluding hydrogens is 352 g/mol. The van der Waals surface area contributed by atoms with Crippen molar-refractivity contribution in [3.05, 3.63) is 53.5 Å². The van der Waals surface area contributed by atoms with E-state index in [1.165, 1.54) is 12.1 Å². The molecular formula is C19H24N2O4S. The van der Waals surface area contributed by atoms with E-state index in [2.05, 4.69) is 10.0 Å². The Labute approximate surface area is 154 Å². The molecule has 26 heavy (non-hydrogen) atoms. The molecule has 1 aromatic heterocycles. The fraction of sp³-hybridized carbons (Fsp3) is 0.421.